The summed E-state index contributed by atoms with van der Waals surface area (Å²) in [7, 11) is 9.71. The van der Waals surface area contributed by atoms with Crippen molar-refractivity contribution < 1.29 is 15.1 Å². The molecule has 0 unspecified atom stereocenters. The van der Waals surface area contributed by atoms with Crippen LogP contribution >= 0.6 is 19.4 Å². The molecule has 0 rings (SSSR count). The van der Waals surface area contributed by atoms with Gasteiger partial charge in [0, 0.05) is 27.7 Å². The predicted molar refractivity (Wildman–Crippen MR) is 56.9 cm³/mol. The van der Waals surface area contributed by atoms with Crippen LogP contribution in [0.25, 0.3) is 0 Å². The van der Waals surface area contributed by atoms with Crippen molar-refractivity contribution >= 4 is 19.4 Å². The maximum atomic E-state index is 7.32. The van der Waals surface area contributed by atoms with Crippen molar-refractivity contribution in [1.29, 1.82) is 21.0 Å². The summed E-state index contributed by atoms with van der Waals surface area (Å²) in [5.74, 6) is 0. The molecule has 15 heavy (non-hydrogen) atoms. The van der Waals surface area contributed by atoms with E-state index < -0.39 is 0 Å². The van der Waals surface area contributed by atoms with Crippen molar-refractivity contribution in [3.8, 4) is 24.3 Å². The molecule has 0 aliphatic rings. The first-order chi connectivity index (χ1) is 7.07. The van der Waals surface area contributed by atoms with Gasteiger partial charge in [-0.15, -0.1) is 0 Å². The number of hydrogen-bond donors (Lipinski definition) is 0. The average Bonchev–Trinajstić information content (AvgIpc) is 2.09. The zero-order valence-electron chi connectivity index (χ0n) is 8.90. The predicted octanol–water partition coefficient (Wildman–Crippen LogP) is 3.50. The zero-order valence-corrected chi connectivity index (χ0v) is 12.1. The molecule has 0 aromatic carbocycles. The van der Waals surface area contributed by atoms with Crippen LogP contribution in [0.1, 0.15) is 27.7 Å². The summed E-state index contributed by atoms with van der Waals surface area (Å²) in [5, 5.41) is 29.3. The molecule has 0 amide bonds. The van der Waals surface area contributed by atoms with E-state index in [2.05, 4.69) is 0 Å². The van der Waals surface area contributed by atoms with Crippen LogP contribution in [0.5, 0.6) is 0 Å². The Balaban J connectivity index is -0.0000000278. The van der Waals surface area contributed by atoms with Crippen LogP contribution in [0.4, 0.5) is 0 Å². The molecule has 0 bridgehead atoms. The van der Waals surface area contributed by atoms with Crippen molar-refractivity contribution in [1.82, 2.24) is 0 Å². The molecular formula is C8H12Cl2N4Ru. The fraction of sp³-hybridized carbons (Fsp3) is 0.500. The van der Waals surface area contributed by atoms with Gasteiger partial charge in [-0.25, -0.2) is 0 Å². The van der Waals surface area contributed by atoms with E-state index in [1.807, 2.05) is 0 Å². The molecule has 0 aliphatic carbocycles. The number of nitrogens with zero attached hydrogens (tertiary/aromatic N) is 4. The van der Waals surface area contributed by atoms with E-state index in [1.54, 1.807) is 24.3 Å². The van der Waals surface area contributed by atoms with Crippen LogP contribution in [-0.2, 0) is 15.1 Å². The summed E-state index contributed by atoms with van der Waals surface area (Å²) >= 11 is -0.346. The molecule has 0 spiro atoms. The van der Waals surface area contributed by atoms with Crippen molar-refractivity contribution in [2.45, 2.75) is 27.7 Å². The third kappa shape index (κ3) is 2340. The standard InChI is InChI=1S/4C2H3N.2ClH.Ru/c4*1-2-3;;;/h4*1H3;2*1H;/q;;;;;;+2/p-2. The van der Waals surface area contributed by atoms with Crippen LogP contribution in [-0.4, -0.2) is 0 Å². The molecule has 0 aromatic rings. The van der Waals surface area contributed by atoms with E-state index in [1.165, 1.54) is 27.7 Å². The average molecular weight is 336 g/mol. The van der Waals surface area contributed by atoms with Crippen molar-refractivity contribution in [2.24, 2.45) is 0 Å². The fourth-order valence-corrected chi connectivity index (χ4v) is 0. The molecule has 0 saturated carbocycles. The minimum absolute atomic E-state index is 0.346. The monoisotopic (exact) mass is 336 g/mol. The summed E-state index contributed by atoms with van der Waals surface area (Å²) in [6.45, 7) is 5.72. The van der Waals surface area contributed by atoms with E-state index in [0.717, 1.165) is 0 Å². The van der Waals surface area contributed by atoms with Crippen molar-refractivity contribution in [2.75, 3.05) is 0 Å². The second kappa shape index (κ2) is 112. The molecule has 0 aliphatic heterocycles. The third-order valence-corrected chi connectivity index (χ3v) is 0. The van der Waals surface area contributed by atoms with Gasteiger partial charge in [-0.2, -0.15) is 21.0 Å². The Morgan fingerprint density at radius 3 is 0.667 bits per heavy atom. The second-order valence-corrected chi connectivity index (χ2v) is 3.58. The molecule has 4 nitrogen and oxygen atoms in total. The van der Waals surface area contributed by atoms with Gasteiger partial charge in [-0.05, 0) is 0 Å². The third-order valence-electron chi connectivity index (χ3n) is 0. The molecule has 0 heterocycles. The van der Waals surface area contributed by atoms with Gasteiger partial charge in [-0.1, -0.05) is 0 Å². The van der Waals surface area contributed by atoms with Gasteiger partial charge in [0.15, 0.2) is 0 Å². The first-order valence-electron chi connectivity index (χ1n) is 3.16. The van der Waals surface area contributed by atoms with Crippen LogP contribution in [0.15, 0.2) is 0 Å². The summed E-state index contributed by atoms with van der Waals surface area (Å²) in [5.41, 5.74) is 0. The number of hydrogen-bond acceptors (Lipinski definition) is 4. The van der Waals surface area contributed by atoms with E-state index in [0.29, 0.717) is 0 Å². The van der Waals surface area contributed by atoms with Gasteiger partial charge < -0.3 is 0 Å². The summed E-state index contributed by atoms with van der Waals surface area (Å²) < 4.78 is 0. The van der Waals surface area contributed by atoms with Gasteiger partial charge in [-0.3, -0.25) is 0 Å². The molecule has 0 aromatic heterocycles. The molecule has 0 fully saturated rings. The van der Waals surface area contributed by atoms with Gasteiger partial charge in [0.05, 0.1) is 24.3 Å². The van der Waals surface area contributed by atoms with Gasteiger partial charge >= 0.3 is 34.5 Å². The second-order valence-electron chi connectivity index (χ2n) is 0.945. The summed E-state index contributed by atoms with van der Waals surface area (Å²) in [6.07, 6.45) is 0. The zero-order chi connectivity index (χ0) is 13.5. The molecular weight excluding hydrogens is 324 g/mol. The normalized spacial score (nSPS) is 3.60. The van der Waals surface area contributed by atoms with Crippen molar-refractivity contribution in [3.63, 3.8) is 0 Å². The van der Waals surface area contributed by atoms with Crippen molar-refractivity contribution in [3.05, 3.63) is 0 Å². The van der Waals surface area contributed by atoms with E-state index in [-0.39, 0.29) is 15.1 Å². The molecule has 0 N–H and O–H groups in total. The van der Waals surface area contributed by atoms with E-state index in [4.69, 9.17) is 40.4 Å². The quantitative estimate of drug-likeness (QED) is 0.633. The number of rotatable bonds is 0. The van der Waals surface area contributed by atoms with Crippen LogP contribution in [0.3, 0.4) is 0 Å². The fourth-order valence-electron chi connectivity index (χ4n) is 0. The van der Waals surface area contributed by atoms with Gasteiger partial charge in [0.1, 0.15) is 0 Å². The summed E-state index contributed by atoms with van der Waals surface area (Å²) in [6, 6.07) is 7.00. The summed E-state index contributed by atoms with van der Waals surface area (Å²) in [4.78, 5) is 0. The first kappa shape index (κ1) is 29.2. The van der Waals surface area contributed by atoms with Gasteiger partial charge in [0.25, 0.3) is 0 Å². The van der Waals surface area contributed by atoms with E-state index in [9.17, 15) is 0 Å². The minimum atomic E-state index is -0.346. The Labute approximate surface area is 107 Å². The van der Waals surface area contributed by atoms with Crippen LogP contribution < -0.4 is 0 Å². The maximum absolute atomic E-state index is 7.32. The topological polar surface area (TPSA) is 95.2 Å². The number of nitriles is 4. The van der Waals surface area contributed by atoms with Crippen LogP contribution in [0, 0.1) is 45.3 Å². The van der Waals surface area contributed by atoms with Crippen LogP contribution in [0.2, 0.25) is 0 Å². The molecule has 0 atom stereocenters. The Kier molecular flexibility index (Phi) is 219. The molecule has 0 saturated heterocycles. The Hall–Kier alpha value is -0.837. The van der Waals surface area contributed by atoms with Gasteiger partial charge in [0.2, 0.25) is 0 Å². The Morgan fingerprint density at radius 1 is 0.667 bits per heavy atom. The molecule has 0 radical (unpaired) electrons. The first-order valence-corrected chi connectivity index (χ1v) is 7.64. The molecule has 7 heteroatoms. The Morgan fingerprint density at radius 2 is 0.667 bits per heavy atom. The number of halogens is 2. The SMILES string of the molecule is CC#N.CC#N.CC#N.CC#N.[Cl][Ru][Cl]. The van der Waals surface area contributed by atoms with E-state index >= 15 is 0 Å². The Bertz CT molecular complexity index is 171. The molecule has 86 valence electrons.